The highest BCUT2D eigenvalue weighted by molar-refractivity contribution is 7.92. The van der Waals surface area contributed by atoms with Gasteiger partial charge in [0.25, 0.3) is 10.0 Å². The number of hydrogen-bond donors (Lipinski definition) is 1. The minimum absolute atomic E-state index is 0.0101. The van der Waals surface area contributed by atoms with Gasteiger partial charge in [0, 0.05) is 24.0 Å². The number of benzene rings is 4. The highest BCUT2D eigenvalue weighted by Gasteiger charge is 2.36. The van der Waals surface area contributed by atoms with Crippen LogP contribution in [-0.4, -0.2) is 43.8 Å². The lowest BCUT2D eigenvalue weighted by Gasteiger charge is -2.35. The molecule has 46 heavy (non-hydrogen) atoms. The molecule has 5 rings (SSSR count). The number of carbonyl (C=O) groups excluding carboxylic acids is 2. The summed E-state index contributed by atoms with van der Waals surface area (Å²) in [6.45, 7) is 1.44. The zero-order valence-corrected chi connectivity index (χ0v) is 27.9. The van der Waals surface area contributed by atoms with Crippen molar-refractivity contribution < 1.29 is 18.0 Å². The summed E-state index contributed by atoms with van der Waals surface area (Å²) in [4.78, 5) is 30.3. The zero-order chi connectivity index (χ0) is 32.7. The van der Waals surface area contributed by atoms with E-state index in [-0.39, 0.29) is 45.5 Å². The van der Waals surface area contributed by atoms with Crippen LogP contribution in [0.15, 0.2) is 108 Å². The Balaban J connectivity index is 1.59. The second-order valence-corrected chi connectivity index (χ2v) is 14.3. The van der Waals surface area contributed by atoms with Crippen LogP contribution in [0.25, 0.3) is 0 Å². The van der Waals surface area contributed by atoms with Gasteiger partial charge in [0.15, 0.2) is 0 Å². The van der Waals surface area contributed by atoms with Crippen LogP contribution in [0.3, 0.4) is 0 Å². The molecule has 2 amide bonds. The van der Waals surface area contributed by atoms with Crippen molar-refractivity contribution in [2.45, 2.75) is 62.6 Å². The molecular weight excluding hydrogens is 641 g/mol. The second kappa shape index (κ2) is 15.2. The van der Waals surface area contributed by atoms with Gasteiger partial charge in [-0.1, -0.05) is 109 Å². The Morgan fingerprint density at radius 1 is 0.870 bits per heavy atom. The van der Waals surface area contributed by atoms with E-state index in [9.17, 15) is 18.0 Å². The lowest BCUT2D eigenvalue weighted by Crippen LogP contribution is -2.54. The van der Waals surface area contributed by atoms with Gasteiger partial charge in [0.2, 0.25) is 11.8 Å². The molecule has 4 aromatic carbocycles. The fourth-order valence-electron chi connectivity index (χ4n) is 5.80. The van der Waals surface area contributed by atoms with E-state index in [1.54, 1.807) is 24.3 Å². The molecule has 1 N–H and O–H groups in total. The molecule has 10 heteroatoms. The maximum atomic E-state index is 14.7. The molecule has 4 aromatic rings. The van der Waals surface area contributed by atoms with Gasteiger partial charge < -0.3 is 10.2 Å². The van der Waals surface area contributed by atoms with Crippen molar-refractivity contribution >= 4 is 50.7 Å². The topological polar surface area (TPSA) is 86.8 Å². The normalized spacial score (nSPS) is 14.1. The number of carbonyl (C=O) groups is 2. The molecule has 0 aromatic heterocycles. The standard InChI is InChI=1S/C36H37Cl2N3O4S/c1-26-12-8-9-15-28(26)24-40(34(22-27-13-4-2-5-14-27)36(43)39-30-16-10-11-17-30)35(42)25-41(33-23-29(37)20-21-32(33)38)46(44,45)31-18-6-3-7-19-31/h2-9,12-15,18-21,23,30,34H,10-11,16-17,22,24-25H2,1H3,(H,39,43)/t34-/m0/s1. The Morgan fingerprint density at radius 2 is 1.50 bits per heavy atom. The number of rotatable bonds is 12. The Kier molecular flexibility index (Phi) is 11.0. The number of nitrogens with one attached hydrogen (secondary N) is 1. The minimum atomic E-state index is -4.28. The maximum absolute atomic E-state index is 14.7. The predicted molar refractivity (Wildman–Crippen MR) is 183 cm³/mol. The molecule has 1 aliphatic carbocycles. The lowest BCUT2D eigenvalue weighted by molar-refractivity contribution is -0.140. The van der Waals surface area contributed by atoms with Crippen molar-refractivity contribution in [1.29, 1.82) is 0 Å². The van der Waals surface area contributed by atoms with E-state index >= 15 is 0 Å². The Bertz CT molecular complexity index is 1760. The number of aryl methyl sites for hydroxylation is 1. The Labute approximate surface area is 281 Å². The summed E-state index contributed by atoms with van der Waals surface area (Å²) in [5.41, 5.74) is 2.74. The average Bonchev–Trinajstić information content (AvgIpc) is 3.57. The highest BCUT2D eigenvalue weighted by Crippen LogP contribution is 2.33. The lowest BCUT2D eigenvalue weighted by atomic mass is 10.0. The maximum Gasteiger partial charge on any atom is 0.264 e. The van der Waals surface area contributed by atoms with Crippen molar-refractivity contribution in [2.24, 2.45) is 0 Å². The van der Waals surface area contributed by atoms with Gasteiger partial charge in [-0.3, -0.25) is 13.9 Å². The van der Waals surface area contributed by atoms with Gasteiger partial charge in [-0.25, -0.2) is 8.42 Å². The van der Waals surface area contributed by atoms with Crippen LogP contribution in [0, 0.1) is 6.92 Å². The molecule has 0 bridgehead atoms. The SMILES string of the molecule is Cc1ccccc1CN(C(=O)CN(c1cc(Cl)ccc1Cl)S(=O)(=O)c1ccccc1)[C@@H](Cc1ccccc1)C(=O)NC1CCCC1. The molecule has 1 saturated carbocycles. The summed E-state index contributed by atoms with van der Waals surface area (Å²) in [7, 11) is -4.28. The Morgan fingerprint density at radius 3 is 2.17 bits per heavy atom. The van der Waals surface area contributed by atoms with Gasteiger partial charge in [0.05, 0.1) is 15.6 Å². The van der Waals surface area contributed by atoms with E-state index in [1.807, 2.05) is 61.5 Å². The first-order chi connectivity index (χ1) is 22.1. The first kappa shape index (κ1) is 33.5. The fraction of sp³-hybridized carbons (Fsp3) is 0.278. The number of amides is 2. The van der Waals surface area contributed by atoms with E-state index in [0.717, 1.165) is 46.7 Å². The zero-order valence-electron chi connectivity index (χ0n) is 25.6. The van der Waals surface area contributed by atoms with Crippen LogP contribution < -0.4 is 9.62 Å². The molecule has 0 unspecified atom stereocenters. The minimum Gasteiger partial charge on any atom is -0.352 e. The molecular formula is C36H37Cl2N3O4S. The van der Waals surface area contributed by atoms with Crippen LogP contribution in [0.5, 0.6) is 0 Å². The number of hydrogen-bond acceptors (Lipinski definition) is 4. The number of sulfonamides is 1. The van der Waals surface area contributed by atoms with Crippen molar-refractivity contribution in [3.8, 4) is 0 Å². The first-order valence-corrected chi connectivity index (χ1v) is 17.5. The van der Waals surface area contributed by atoms with Crippen molar-refractivity contribution in [3.63, 3.8) is 0 Å². The molecule has 0 saturated heterocycles. The third-order valence-corrected chi connectivity index (χ3v) is 10.7. The molecule has 1 aliphatic rings. The first-order valence-electron chi connectivity index (χ1n) is 15.3. The third-order valence-electron chi connectivity index (χ3n) is 8.36. The number of anilines is 1. The van der Waals surface area contributed by atoms with Gasteiger partial charge in [-0.2, -0.15) is 0 Å². The highest BCUT2D eigenvalue weighted by atomic mass is 35.5. The quantitative estimate of drug-likeness (QED) is 0.172. The largest absolute Gasteiger partial charge is 0.352 e. The van der Waals surface area contributed by atoms with E-state index in [2.05, 4.69) is 5.32 Å². The predicted octanol–water partition coefficient (Wildman–Crippen LogP) is 7.20. The number of nitrogens with zero attached hydrogens (tertiary/aromatic N) is 2. The molecule has 0 spiro atoms. The smallest absolute Gasteiger partial charge is 0.264 e. The Hall–Kier alpha value is -3.85. The summed E-state index contributed by atoms with van der Waals surface area (Å²) < 4.78 is 29.3. The van der Waals surface area contributed by atoms with Gasteiger partial charge in [-0.05, 0) is 66.8 Å². The van der Waals surface area contributed by atoms with Crippen molar-refractivity contribution in [3.05, 3.63) is 130 Å². The van der Waals surface area contributed by atoms with E-state index < -0.39 is 28.5 Å². The molecule has 7 nitrogen and oxygen atoms in total. The van der Waals surface area contributed by atoms with E-state index in [4.69, 9.17) is 23.2 Å². The summed E-state index contributed by atoms with van der Waals surface area (Å²) in [6, 6.07) is 28.6. The van der Waals surface area contributed by atoms with Crippen LogP contribution >= 0.6 is 23.2 Å². The molecule has 1 atom stereocenters. The van der Waals surface area contributed by atoms with Crippen LogP contribution in [0.2, 0.25) is 10.0 Å². The van der Waals surface area contributed by atoms with E-state index in [1.165, 1.54) is 29.2 Å². The van der Waals surface area contributed by atoms with Crippen molar-refractivity contribution in [1.82, 2.24) is 10.2 Å². The average molecular weight is 679 g/mol. The van der Waals surface area contributed by atoms with Gasteiger partial charge >= 0.3 is 0 Å². The molecule has 0 heterocycles. The summed E-state index contributed by atoms with van der Waals surface area (Å²) >= 11 is 12.9. The summed E-state index contributed by atoms with van der Waals surface area (Å²) in [6.07, 6.45) is 4.08. The van der Waals surface area contributed by atoms with Crippen molar-refractivity contribution in [2.75, 3.05) is 10.8 Å². The molecule has 240 valence electrons. The van der Waals surface area contributed by atoms with E-state index in [0.29, 0.717) is 0 Å². The molecule has 0 aliphatic heterocycles. The molecule has 1 fully saturated rings. The number of halogens is 2. The van der Waals surface area contributed by atoms with Crippen LogP contribution in [0.4, 0.5) is 5.69 Å². The van der Waals surface area contributed by atoms with Gasteiger partial charge in [0.1, 0.15) is 12.6 Å². The van der Waals surface area contributed by atoms with Crippen LogP contribution in [-0.2, 0) is 32.6 Å². The monoisotopic (exact) mass is 677 g/mol. The fourth-order valence-corrected chi connectivity index (χ4v) is 7.68. The second-order valence-electron chi connectivity index (χ2n) is 11.6. The van der Waals surface area contributed by atoms with Gasteiger partial charge in [-0.15, -0.1) is 0 Å². The molecule has 0 radical (unpaired) electrons. The summed E-state index contributed by atoms with van der Waals surface area (Å²) in [5, 5.41) is 3.56. The van der Waals surface area contributed by atoms with Crippen LogP contribution in [0.1, 0.15) is 42.4 Å². The third kappa shape index (κ3) is 8.10. The summed E-state index contributed by atoms with van der Waals surface area (Å²) in [5.74, 6) is -0.822.